The van der Waals surface area contributed by atoms with E-state index in [9.17, 15) is 4.39 Å². The maximum Gasteiger partial charge on any atom is 0.123 e. The topological polar surface area (TPSA) is 9.23 Å². The number of benzene rings is 1. The van der Waals surface area contributed by atoms with Crippen LogP contribution in [0.15, 0.2) is 18.2 Å². The van der Waals surface area contributed by atoms with Crippen LogP contribution in [0.25, 0.3) is 0 Å². The zero-order valence-electron chi connectivity index (χ0n) is 6.68. The Morgan fingerprint density at radius 2 is 2.33 bits per heavy atom. The first-order chi connectivity index (χ1) is 5.74. The molecule has 3 heteroatoms. The molecule has 12 heavy (non-hydrogen) atoms. The van der Waals surface area contributed by atoms with E-state index in [-0.39, 0.29) is 5.82 Å². The molecular weight excluding hydrogens is 179 g/mol. The minimum absolute atomic E-state index is 0.290. The van der Waals surface area contributed by atoms with Crippen molar-refractivity contribution in [2.75, 3.05) is 13.7 Å². The van der Waals surface area contributed by atoms with E-state index in [4.69, 9.17) is 16.3 Å². The minimum Gasteiger partial charge on any atom is -0.384 e. The maximum atomic E-state index is 12.7. The highest BCUT2D eigenvalue weighted by Gasteiger charge is 2.01. The Labute approximate surface area is 76.1 Å². The maximum absolute atomic E-state index is 12.7. The monoisotopic (exact) mass is 187 g/mol. The van der Waals surface area contributed by atoms with E-state index in [0.29, 0.717) is 17.2 Å². The van der Waals surface area contributed by atoms with Crippen molar-refractivity contribution in [3.05, 3.63) is 41.0 Å². The summed E-state index contributed by atoms with van der Waals surface area (Å²) < 4.78 is 17.5. The largest absolute Gasteiger partial charge is 0.384 e. The summed E-state index contributed by atoms with van der Waals surface area (Å²) in [7, 11) is 1.57. The lowest BCUT2D eigenvalue weighted by molar-refractivity contribution is 0.225. The fraction of sp³-hybridized carbons (Fsp3) is 0.222. The molecule has 0 saturated heterocycles. The first-order valence-corrected chi connectivity index (χ1v) is 3.89. The molecule has 1 rings (SSSR count). The lowest BCUT2D eigenvalue weighted by Gasteiger charge is -2.02. The van der Waals surface area contributed by atoms with Crippen LogP contribution in [0.2, 0.25) is 5.02 Å². The molecule has 1 aromatic carbocycles. The quantitative estimate of drug-likeness (QED) is 0.707. The van der Waals surface area contributed by atoms with Crippen LogP contribution in [0.4, 0.5) is 4.39 Å². The van der Waals surface area contributed by atoms with Gasteiger partial charge in [0, 0.05) is 18.6 Å². The Balaban J connectivity index is 2.75. The molecule has 0 unspecified atom stereocenters. The number of methoxy groups -OCH3 is 1. The highest BCUT2D eigenvalue weighted by molar-refractivity contribution is 6.31. The summed E-state index contributed by atoms with van der Waals surface area (Å²) >= 11 is 5.78. The fourth-order valence-electron chi connectivity index (χ4n) is 0.844. The first-order valence-electron chi connectivity index (χ1n) is 3.51. The second-order valence-corrected chi connectivity index (χ2v) is 2.73. The van der Waals surface area contributed by atoms with Crippen molar-refractivity contribution in [1.82, 2.24) is 0 Å². The molecule has 0 aliphatic heterocycles. The SMILES string of the molecule is COC[CH]c1cc(F)ccc1Cl. The van der Waals surface area contributed by atoms with Crippen LogP contribution in [0, 0.1) is 12.2 Å². The van der Waals surface area contributed by atoms with Gasteiger partial charge in [0.15, 0.2) is 0 Å². The molecule has 0 aromatic heterocycles. The smallest absolute Gasteiger partial charge is 0.123 e. The summed E-state index contributed by atoms with van der Waals surface area (Å²) in [6, 6.07) is 4.23. The van der Waals surface area contributed by atoms with E-state index in [1.54, 1.807) is 13.5 Å². The van der Waals surface area contributed by atoms with Crippen molar-refractivity contribution in [3.63, 3.8) is 0 Å². The summed E-state index contributed by atoms with van der Waals surface area (Å²) in [6.45, 7) is 0.434. The zero-order valence-corrected chi connectivity index (χ0v) is 7.44. The van der Waals surface area contributed by atoms with Crippen LogP contribution >= 0.6 is 11.6 Å². The van der Waals surface area contributed by atoms with Crippen LogP contribution in [0.5, 0.6) is 0 Å². The van der Waals surface area contributed by atoms with Crippen molar-refractivity contribution >= 4 is 11.6 Å². The standard InChI is InChI=1S/C9H9ClFO/c1-12-5-4-7-6-8(11)2-3-9(7)10/h2-4,6H,5H2,1H3. The lowest BCUT2D eigenvalue weighted by Crippen LogP contribution is -1.92. The summed E-state index contributed by atoms with van der Waals surface area (Å²) in [5.74, 6) is -0.290. The van der Waals surface area contributed by atoms with Gasteiger partial charge in [0.25, 0.3) is 0 Å². The van der Waals surface area contributed by atoms with Gasteiger partial charge in [0.1, 0.15) is 5.82 Å². The zero-order chi connectivity index (χ0) is 8.97. The number of rotatable bonds is 3. The molecule has 1 aromatic rings. The van der Waals surface area contributed by atoms with Gasteiger partial charge in [0.05, 0.1) is 6.61 Å². The summed E-state index contributed by atoms with van der Waals surface area (Å²) in [5.41, 5.74) is 0.665. The predicted molar refractivity (Wildman–Crippen MR) is 46.7 cm³/mol. The first kappa shape index (κ1) is 9.49. The molecule has 0 fully saturated rings. The van der Waals surface area contributed by atoms with Crippen molar-refractivity contribution in [2.24, 2.45) is 0 Å². The van der Waals surface area contributed by atoms with Gasteiger partial charge in [-0.1, -0.05) is 11.6 Å². The number of ether oxygens (including phenoxy) is 1. The van der Waals surface area contributed by atoms with Gasteiger partial charge in [-0.2, -0.15) is 0 Å². The van der Waals surface area contributed by atoms with E-state index >= 15 is 0 Å². The molecular formula is C9H9ClFO. The molecule has 0 amide bonds. The van der Waals surface area contributed by atoms with Gasteiger partial charge >= 0.3 is 0 Å². The second kappa shape index (κ2) is 4.43. The molecule has 0 heterocycles. The Morgan fingerprint density at radius 1 is 1.58 bits per heavy atom. The van der Waals surface area contributed by atoms with Crippen LogP contribution in [-0.4, -0.2) is 13.7 Å². The van der Waals surface area contributed by atoms with Gasteiger partial charge in [-0.25, -0.2) is 4.39 Å². The molecule has 0 N–H and O–H groups in total. The van der Waals surface area contributed by atoms with Crippen molar-refractivity contribution in [1.29, 1.82) is 0 Å². The third-order valence-electron chi connectivity index (χ3n) is 1.43. The predicted octanol–water partition coefficient (Wildman–Crippen LogP) is 2.68. The molecule has 0 aliphatic rings. The molecule has 0 aliphatic carbocycles. The third kappa shape index (κ3) is 2.47. The van der Waals surface area contributed by atoms with E-state index in [1.165, 1.54) is 18.2 Å². The van der Waals surface area contributed by atoms with E-state index in [0.717, 1.165) is 0 Å². The number of hydrogen-bond donors (Lipinski definition) is 0. The molecule has 0 bridgehead atoms. The van der Waals surface area contributed by atoms with E-state index in [2.05, 4.69) is 0 Å². The van der Waals surface area contributed by atoms with E-state index in [1.807, 2.05) is 0 Å². The fourth-order valence-corrected chi connectivity index (χ4v) is 1.04. The Kier molecular flexibility index (Phi) is 3.50. The van der Waals surface area contributed by atoms with Crippen molar-refractivity contribution in [2.45, 2.75) is 0 Å². The normalized spacial score (nSPS) is 10.2. The molecule has 0 atom stereocenters. The van der Waals surface area contributed by atoms with Crippen LogP contribution in [-0.2, 0) is 4.74 Å². The van der Waals surface area contributed by atoms with Gasteiger partial charge in [0.2, 0.25) is 0 Å². The number of hydrogen-bond acceptors (Lipinski definition) is 1. The summed E-state index contributed by atoms with van der Waals surface area (Å²) in [6.07, 6.45) is 1.73. The van der Waals surface area contributed by atoms with Crippen LogP contribution in [0.1, 0.15) is 5.56 Å². The van der Waals surface area contributed by atoms with Crippen molar-refractivity contribution < 1.29 is 9.13 Å². The molecule has 1 radical (unpaired) electrons. The average Bonchev–Trinajstić information content (AvgIpc) is 2.07. The second-order valence-electron chi connectivity index (χ2n) is 2.33. The van der Waals surface area contributed by atoms with Gasteiger partial charge in [-0.15, -0.1) is 0 Å². The molecule has 0 spiro atoms. The molecule has 65 valence electrons. The van der Waals surface area contributed by atoms with Crippen molar-refractivity contribution in [3.8, 4) is 0 Å². The van der Waals surface area contributed by atoms with Crippen LogP contribution < -0.4 is 0 Å². The molecule has 0 saturated carbocycles. The lowest BCUT2D eigenvalue weighted by atomic mass is 10.1. The Bertz CT molecular complexity index is 263. The average molecular weight is 188 g/mol. The van der Waals surface area contributed by atoms with Gasteiger partial charge < -0.3 is 4.74 Å². The third-order valence-corrected chi connectivity index (χ3v) is 1.77. The van der Waals surface area contributed by atoms with Gasteiger partial charge in [-0.05, 0) is 23.8 Å². The van der Waals surface area contributed by atoms with Crippen LogP contribution in [0.3, 0.4) is 0 Å². The van der Waals surface area contributed by atoms with E-state index < -0.39 is 0 Å². The Morgan fingerprint density at radius 3 is 3.00 bits per heavy atom. The number of halogens is 2. The summed E-state index contributed by atoms with van der Waals surface area (Å²) in [4.78, 5) is 0. The summed E-state index contributed by atoms with van der Waals surface area (Å²) in [5, 5.41) is 0.536. The highest BCUT2D eigenvalue weighted by atomic mass is 35.5. The highest BCUT2D eigenvalue weighted by Crippen LogP contribution is 2.18. The van der Waals surface area contributed by atoms with Gasteiger partial charge in [-0.3, -0.25) is 0 Å². The molecule has 1 nitrogen and oxygen atoms in total. The Hall–Kier alpha value is -0.600. The minimum atomic E-state index is -0.290.